The van der Waals surface area contributed by atoms with Crippen LogP contribution in [0, 0.1) is 0 Å². The molecule has 0 aliphatic carbocycles. The van der Waals surface area contributed by atoms with Gasteiger partial charge in [-0.25, -0.2) is 4.98 Å². The summed E-state index contributed by atoms with van der Waals surface area (Å²) in [6, 6.07) is 1.90. The standard InChI is InChI=1S/C9H8Cl2N4O/c1-15-5-13-9(14-15)16-8-7(11)2-6(3-10)4-12-8/h2,4-5H,3H2,1H3. The first kappa shape index (κ1) is 11.2. The second-order valence-electron chi connectivity index (χ2n) is 3.07. The molecule has 0 bridgehead atoms. The zero-order valence-electron chi connectivity index (χ0n) is 8.39. The number of alkyl halides is 1. The zero-order chi connectivity index (χ0) is 11.5. The lowest BCUT2D eigenvalue weighted by Crippen LogP contribution is -1.93. The van der Waals surface area contributed by atoms with Crippen LogP contribution in [0.1, 0.15) is 5.56 Å². The molecule has 0 saturated heterocycles. The Morgan fingerprint density at radius 1 is 1.44 bits per heavy atom. The van der Waals surface area contributed by atoms with Gasteiger partial charge in [-0.2, -0.15) is 4.98 Å². The molecular formula is C9H8Cl2N4O. The number of ether oxygens (including phenoxy) is 1. The number of nitrogens with zero attached hydrogens (tertiary/aromatic N) is 4. The highest BCUT2D eigenvalue weighted by Crippen LogP contribution is 2.26. The predicted molar refractivity (Wildman–Crippen MR) is 59.9 cm³/mol. The van der Waals surface area contributed by atoms with Crippen molar-refractivity contribution in [1.29, 1.82) is 0 Å². The Hall–Kier alpha value is -1.33. The number of aromatic nitrogens is 4. The van der Waals surface area contributed by atoms with Crippen LogP contribution in [0.2, 0.25) is 5.02 Å². The lowest BCUT2D eigenvalue weighted by molar-refractivity contribution is 0.422. The molecule has 0 aliphatic rings. The average Bonchev–Trinajstić information content (AvgIpc) is 2.67. The molecule has 2 rings (SSSR count). The Balaban J connectivity index is 2.21. The Bertz CT molecular complexity index is 500. The van der Waals surface area contributed by atoms with Crippen LogP contribution in [0.3, 0.4) is 0 Å². The van der Waals surface area contributed by atoms with Crippen molar-refractivity contribution >= 4 is 23.2 Å². The van der Waals surface area contributed by atoms with Gasteiger partial charge in [0.05, 0.1) is 0 Å². The largest absolute Gasteiger partial charge is 0.403 e. The Morgan fingerprint density at radius 3 is 2.81 bits per heavy atom. The molecule has 0 amide bonds. The van der Waals surface area contributed by atoms with Gasteiger partial charge < -0.3 is 4.74 Å². The minimum Gasteiger partial charge on any atom is -0.403 e. The average molecular weight is 259 g/mol. The van der Waals surface area contributed by atoms with E-state index in [0.29, 0.717) is 10.9 Å². The van der Waals surface area contributed by atoms with Gasteiger partial charge in [-0.3, -0.25) is 4.68 Å². The van der Waals surface area contributed by atoms with Crippen molar-refractivity contribution in [2.75, 3.05) is 0 Å². The summed E-state index contributed by atoms with van der Waals surface area (Å²) < 4.78 is 6.82. The fourth-order valence-corrected chi connectivity index (χ4v) is 1.44. The Labute approximate surface area is 102 Å². The van der Waals surface area contributed by atoms with Gasteiger partial charge in [-0.05, 0) is 11.6 Å². The molecule has 7 heteroatoms. The van der Waals surface area contributed by atoms with Gasteiger partial charge in [0.2, 0.25) is 5.88 Å². The fourth-order valence-electron chi connectivity index (χ4n) is 1.07. The highest BCUT2D eigenvalue weighted by atomic mass is 35.5. The molecule has 0 N–H and O–H groups in total. The molecule has 0 fully saturated rings. The molecular weight excluding hydrogens is 251 g/mol. The number of hydrogen-bond donors (Lipinski definition) is 0. The monoisotopic (exact) mass is 258 g/mol. The lowest BCUT2D eigenvalue weighted by Gasteiger charge is -2.03. The van der Waals surface area contributed by atoms with Crippen molar-refractivity contribution in [2.24, 2.45) is 7.05 Å². The second kappa shape index (κ2) is 4.67. The molecule has 84 valence electrons. The van der Waals surface area contributed by atoms with E-state index < -0.39 is 0 Å². The SMILES string of the molecule is Cn1cnc(Oc2ncc(CCl)cc2Cl)n1. The third-order valence-electron chi connectivity index (χ3n) is 1.78. The summed E-state index contributed by atoms with van der Waals surface area (Å²) in [4.78, 5) is 7.93. The Morgan fingerprint density at radius 2 is 2.25 bits per heavy atom. The number of aryl methyl sites for hydroxylation is 1. The van der Waals surface area contributed by atoms with Crippen molar-refractivity contribution in [3.63, 3.8) is 0 Å². The summed E-state index contributed by atoms with van der Waals surface area (Å²) in [7, 11) is 1.74. The third kappa shape index (κ3) is 2.43. The number of rotatable bonds is 3. The molecule has 16 heavy (non-hydrogen) atoms. The molecule has 2 aromatic rings. The molecule has 0 aliphatic heterocycles. The van der Waals surface area contributed by atoms with E-state index in [2.05, 4.69) is 15.1 Å². The van der Waals surface area contributed by atoms with Gasteiger partial charge in [0.25, 0.3) is 0 Å². The summed E-state index contributed by atoms with van der Waals surface area (Å²) in [5, 5.41) is 4.33. The minimum absolute atomic E-state index is 0.204. The summed E-state index contributed by atoms with van der Waals surface area (Å²) in [5.41, 5.74) is 0.827. The maximum atomic E-state index is 5.96. The molecule has 0 atom stereocenters. The molecule has 0 spiro atoms. The van der Waals surface area contributed by atoms with E-state index in [0.717, 1.165) is 5.56 Å². The van der Waals surface area contributed by atoms with Crippen molar-refractivity contribution in [2.45, 2.75) is 5.88 Å². The normalized spacial score (nSPS) is 10.4. The molecule has 0 radical (unpaired) electrons. The van der Waals surface area contributed by atoms with Crippen LogP contribution in [-0.2, 0) is 12.9 Å². The maximum absolute atomic E-state index is 5.96. The third-order valence-corrected chi connectivity index (χ3v) is 2.36. The van der Waals surface area contributed by atoms with E-state index in [9.17, 15) is 0 Å². The van der Waals surface area contributed by atoms with E-state index in [1.54, 1.807) is 19.3 Å². The van der Waals surface area contributed by atoms with Gasteiger partial charge in [0.1, 0.15) is 11.3 Å². The smallest absolute Gasteiger partial charge is 0.342 e. The van der Waals surface area contributed by atoms with Crippen LogP contribution in [0.25, 0.3) is 0 Å². The number of hydrogen-bond acceptors (Lipinski definition) is 4. The summed E-state index contributed by atoms with van der Waals surface area (Å²) in [6.45, 7) is 0. The Kier molecular flexibility index (Phi) is 3.26. The van der Waals surface area contributed by atoms with Gasteiger partial charge >= 0.3 is 6.01 Å². The highest BCUT2D eigenvalue weighted by molar-refractivity contribution is 6.32. The van der Waals surface area contributed by atoms with Crippen LogP contribution >= 0.6 is 23.2 Å². The number of pyridine rings is 1. The molecule has 2 heterocycles. The van der Waals surface area contributed by atoms with E-state index in [1.807, 2.05) is 0 Å². The first-order chi connectivity index (χ1) is 7.69. The van der Waals surface area contributed by atoms with Crippen LogP contribution in [0.4, 0.5) is 0 Å². The number of halogens is 2. The first-order valence-electron chi connectivity index (χ1n) is 4.43. The van der Waals surface area contributed by atoms with Crippen LogP contribution in [-0.4, -0.2) is 19.7 Å². The molecule has 0 saturated carbocycles. The van der Waals surface area contributed by atoms with E-state index in [-0.39, 0.29) is 11.9 Å². The van der Waals surface area contributed by atoms with Crippen molar-refractivity contribution in [1.82, 2.24) is 19.7 Å². The van der Waals surface area contributed by atoms with Crippen molar-refractivity contribution in [3.8, 4) is 11.9 Å². The molecule has 0 aromatic carbocycles. The fraction of sp³-hybridized carbons (Fsp3) is 0.222. The summed E-state index contributed by atoms with van der Waals surface area (Å²) in [5.74, 6) is 0.621. The zero-order valence-corrected chi connectivity index (χ0v) is 9.90. The van der Waals surface area contributed by atoms with Gasteiger partial charge in [-0.15, -0.1) is 16.7 Å². The van der Waals surface area contributed by atoms with Gasteiger partial charge in [0, 0.05) is 19.1 Å². The van der Waals surface area contributed by atoms with E-state index in [1.165, 1.54) is 11.0 Å². The lowest BCUT2D eigenvalue weighted by atomic mass is 10.3. The van der Waals surface area contributed by atoms with Crippen LogP contribution in [0.15, 0.2) is 18.6 Å². The van der Waals surface area contributed by atoms with Crippen LogP contribution in [0.5, 0.6) is 11.9 Å². The first-order valence-corrected chi connectivity index (χ1v) is 5.34. The highest BCUT2D eigenvalue weighted by Gasteiger charge is 2.08. The van der Waals surface area contributed by atoms with E-state index >= 15 is 0 Å². The van der Waals surface area contributed by atoms with E-state index in [4.69, 9.17) is 27.9 Å². The molecule has 0 unspecified atom stereocenters. The van der Waals surface area contributed by atoms with Crippen LogP contribution < -0.4 is 4.74 Å². The maximum Gasteiger partial charge on any atom is 0.342 e. The molecule has 2 aromatic heterocycles. The van der Waals surface area contributed by atoms with Gasteiger partial charge in [-0.1, -0.05) is 11.6 Å². The van der Waals surface area contributed by atoms with Crippen molar-refractivity contribution in [3.05, 3.63) is 29.2 Å². The summed E-state index contributed by atoms with van der Waals surface area (Å²) >= 11 is 11.6. The topological polar surface area (TPSA) is 52.8 Å². The summed E-state index contributed by atoms with van der Waals surface area (Å²) in [6.07, 6.45) is 3.12. The quantitative estimate of drug-likeness (QED) is 0.794. The van der Waals surface area contributed by atoms with Crippen molar-refractivity contribution < 1.29 is 4.74 Å². The molecule has 5 nitrogen and oxygen atoms in total. The predicted octanol–water partition coefficient (Wildman–Crippen LogP) is 2.39. The minimum atomic E-state index is 0.204. The second-order valence-corrected chi connectivity index (χ2v) is 3.74. The van der Waals surface area contributed by atoms with Gasteiger partial charge in [0.15, 0.2) is 0 Å².